The van der Waals surface area contributed by atoms with Gasteiger partial charge in [-0.1, -0.05) is 0 Å². The molecule has 1 heterocycles. The van der Waals surface area contributed by atoms with Crippen molar-refractivity contribution in [1.82, 2.24) is 4.57 Å². The summed E-state index contributed by atoms with van der Waals surface area (Å²) < 4.78 is 6.86. The topological polar surface area (TPSA) is 67.2 Å². The number of anilines is 2. The Labute approximate surface area is 89.6 Å². The molecule has 2 N–H and O–H groups in total. The normalized spacial score (nSPS) is 10.0. The molecule has 1 rings (SSSR count). The Kier molecular flexibility index (Phi) is 3.58. The maximum atomic E-state index is 8.95. The van der Waals surface area contributed by atoms with Gasteiger partial charge in [0, 0.05) is 27.7 Å². The molecule has 0 amide bonds. The predicted octanol–water partition coefficient (Wildman–Crippen LogP) is 0.654. The van der Waals surface area contributed by atoms with Gasteiger partial charge in [-0.3, -0.25) is 0 Å². The summed E-state index contributed by atoms with van der Waals surface area (Å²) in [5, 5.41) is 8.95. The average Bonchev–Trinajstić information content (AvgIpc) is 2.51. The molecule has 0 bridgehead atoms. The summed E-state index contributed by atoms with van der Waals surface area (Å²) in [6, 6.07) is 3.81. The Morgan fingerprint density at radius 3 is 2.73 bits per heavy atom. The van der Waals surface area contributed by atoms with Gasteiger partial charge in [-0.05, 0) is 6.07 Å². The molecule has 0 aromatic carbocycles. The molecule has 5 nitrogen and oxygen atoms in total. The first-order valence-electron chi connectivity index (χ1n) is 4.67. The zero-order valence-corrected chi connectivity index (χ0v) is 9.32. The first-order valence-corrected chi connectivity index (χ1v) is 4.67. The highest BCUT2D eigenvalue weighted by Gasteiger charge is 2.13. The molecule has 0 aliphatic heterocycles. The third kappa shape index (κ3) is 2.22. The summed E-state index contributed by atoms with van der Waals surface area (Å²) in [6.07, 6.45) is 0. The van der Waals surface area contributed by atoms with Gasteiger partial charge in [0.1, 0.15) is 17.6 Å². The van der Waals surface area contributed by atoms with Gasteiger partial charge >= 0.3 is 0 Å². The monoisotopic (exact) mass is 208 g/mol. The minimum atomic E-state index is 0.559. The van der Waals surface area contributed by atoms with Crippen molar-refractivity contribution in [2.45, 2.75) is 6.54 Å². The molecule has 0 saturated heterocycles. The fourth-order valence-electron chi connectivity index (χ4n) is 1.56. The van der Waals surface area contributed by atoms with Crippen molar-refractivity contribution >= 4 is 11.5 Å². The maximum Gasteiger partial charge on any atom is 0.132 e. The Hall–Kier alpha value is -1.67. The van der Waals surface area contributed by atoms with Crippen LogP contribution in [0.1, 0.15) is 5.69 Å². The van der Waals surface area contributed by atoms with Crippen molar-refractivity contribution < 1.29 is 4.74 Å². The van der Waals surface area contributed by atoms with Crippen molar-refractivity contribution in [2.75, 3.05) is 38.4 Å². The second-order valence-corrected chi connectivity index (χ2v) is 3.46. The molecule has 0 unspecified atom stereocenters. The summed E-state index contributed by atoms with van der Waals surface area (Å²) in [5.74, 6) is 0.851. The van der Waals surface area contributed by atoms with E-state index in [-0.39, 0.29) is 0 Å². The predicted molar refractivity (Wildman–Crippen MR) is 59.8 cm³/mol. The van der Waals surface area contributed by atoms with Gasteiger partial charge in [-0.15, -0.1) is 0 Å². The number of hydrogen-bond acceptors (Lipinski definition) is 4. The first-order chi connectivity index (χ1) is 7.11. The van der Waals surface area contributed by atoms with Gasteiger partial charge in [0.05, 0.1) is 12.3 Å². The zero-order chi connectivity index (χ0) is 11.4. The van der Waals surface area contributed by atoms with Gasteiger partial charge in [-0.25, -0.2) is 0 Å². The number of nitrogens with two attached hydrogens (primary N) is 1. The average molecular weight is 208 g/mol. The van der Waals surface area contributed by atoms with Crippen LogP contribution in [0, 0.1) is 11.3 Å². The van der Waals surface area contributed by atoms with Crippen LogP contribution in [0.5, 0.6) is 0 Å². The first kappa shape index (κ1) is 11.4. The number of nitrogens with zero attached hydrogens (tertiary/aromatic N) is 3. The van der Waals surface area contributed by atoms with Crippen LogP contribution in [0.25, 0.3) is 0 Å². The third-order valence-electron chi connectivity index (χ3n) is 2.15. The van der Waals surface area contributed by atoms with E-state index >= 15 is 0 Å². The van der Waals surface area contributed by atoms with Crippen molar-refractivity contribution in [3.63, 3.8) is 0 Å². The lowest BCUT2D eigenvalue weighted by atomic mass is 10.4. The van der Waals surface area contributed by atoms with Gasteiger partial charge in [0.25, 0.3) is 0 Å². The van der Waals surface area contributed by atoms with Gasteiger partial charge < -0.3 is 19.9 Å². The van der Waals surface area contributed by atoms with Gasteiger partial charge in [0.2, 0.25) is 0 Å². The Balaban J connectivity index is 3.12. The van der Waals surface area contributed by atoms with Gasteiger partial charge in [0.15, 0.2) is 0 Å². The molecule has 0 spiro atoms. The van der Waals surface area contributed by atoms with E-state index in [1.165, 1.54) is 0 Å². The van der Waals surface area contributed by atoms with Crippen LogP contribution in [-0.2, 0) is 11.3 Å². The number of rotatable bonds is 4. The Morgan fingerprint density at radius 1 is 1.60 bits per heavy atom. The van der Waals surface area contributed by atoms with Crippen LogP contribution >= 0.6 is 0 Å². The van der Waals surface area contributed by atoms with Crippen LogP contribution < -0.4 is 10.6 Å². The lowest BCUT2D eigenvalue weighted by Crippen LogP contribution is -2.18. The molecule has 0 atom stereocenters. The third-order valence-corrected chi connectivity index (χ3v) is 2.15. The van der Waals surface area contributed by atoms with Crippen LogP contribution in [0.2, 0.25) is 0 Å². The van der Waals surface area contributed by atoms with Gasteiger partial charge in [-0.2, -0.15) is 5.26 Å². The summed E-state index contributed by atoms with van der Waals surface area (Å²) >= 11 is 0. The molecule has 1 aromatic rings. The second-order valence-electron chi connectivity index (χ2n) is 3.46. The summed E-state index contributed by atoms with van der Waals surface area (Å²) in [5.41, 5.74) is 7.02. The molecular formula is C10H16N4O. The largest absolute Gasteiger partial charge is 0.396 e. The number of nitriles is 1. The van der Waals surface area contributed by atoms with Crippen molar-refractivity contribution in [3.05, 3.63) is 11.8 Å². The summed E-state index contributed by atoms with van der Waals surface area (Å²) in [6.45, 7) is 1.19. The molecule has 0 radical (unpaired) electrons. The van der Waals surface area contributed by atoms with E-state index in [2.05, 4.69) is 6.07 Å². The molecular weight excluding hydrogens is 192 g/mol. The molecule has 5 heteroatoms. The quantitative estimate of drug-likeness (QED) is 0.789. The maximum absolute atomic E-state index is 8.95. The highest BCUT2D eigenvalue weighted by molar-refractivity contribution is 5.67. The summed E-state index contributed by atoms with van der Waals surface area (Å²) in [7, 11) is 5.43. The Morgan fingerprint density at radius 2 is 2.27 bits per heavy atom. The molecule has 15 heavy (non-hydrogen) atoms. The second kappa shape index (κ2) is 4.71. The van der Waals surface area contributed by atoms with Crippen LogP contribution in [0.15, 0.2) is 6.07 Å². The minimum Gasteiger partial charge on any atom is -0.396 e. The molecule has 0 saturated carbocycles. The number of hydrogen-bond donors (Lipinski definition) is 1. The van der Waals surface area contributed by atoms with E-state index in [0.29, 0.717) is 24.5 Å². The van der Waals surface area contributed by atoms with Crippen LogP contribution in [0.4, 0.5) is 11.5 Å². The fraction of sp³-hybridized carbons (Fsp3) is 0.500. The number of methoxy groups -OCH3 is 1. The van der Waals surface area contributed by atoms with Crippen LogP contribution in [0.3, 0.4) is 0 Å². The highest BCUT2D eigenvalue weighted by Crippen LogP contribution is 2.25. The van der Waals surface area contributed by atoms with E-state index < -0.39 is 0 Å². The highest BCUT2D eigenvalue weighted by atomic mass is 16.5. The number of aromatic nitrogens is 1. The molecule has 1 aromatic heterocycles. The standard InChI is InChI=1S/C10H16N4O/c1-13(2)10-9(12)6-8(7-11)14(10)4-5-15-3/h6H,4-5,12H2,1-3H3. The van der Waals surface area contributed by atoms with Crippen molar-refractivity contribution in [3.8, 4) is 6.07 Å². The lowest BCUT2D eigenvalue weighted by Gasteiger charge is -2.17. The lowest BCUT2D eigenvalue weighted by molar-refractivity contribution is 0.187. The van der Waals surface area contributed by atoms with Crippen LogP contribution in [-0.4, -0.2) is 32.4 Å². The molecule has 0 aliphatic rings. The summed E-state index contributed by atoms with van der Waals surface area (Å²) in [4.78, 5) is 1.89. The minimum absolute atomic E-state index is 0.559. The zero-order valence-electron chi connectivity index (χ0n) is 9.32. The molecule has 82 valence electrons. The van der Waals surface area contributed by atoms with E-state index in [1.54, 1.807) is 13.2 Å². The van der Waals surface area contributed by atoms with E-state index in [4.69, 9.17) is 15.7 Å². The van der Waals surface area contributed by atoms with E-state index in [0.717, 1.165) is 5.82 Å². The number of ether oxygens (including phenoxy) is 1. The van der Waals surface area contributed by atoms with Crippen molar-refractivity contribution in [1.29, 1.82) is 5.26 Å². The van der Waals surface area contributed by atoms with Crippen molar-refractivity contribution in [2.24, 2.45) is 0 Å². The van der Waals surface area contributed by atoms with E-state index in [9.17, 15) is 0 Å². The molecule has 0 aliphatic carbocycles. The fourth-order valence-corrected chi connectivity index (χ4v) is 1.56. The SMILES string of the molecule is COCCn1c(C#N)cc(N)c1N(C)C. The molecule has 0 fully saturated rings. The Bertz CT molecular complexity index is 376. The smallest absolute Gasteiger partial charge is 0.132 e. The number of nitrogen functional groups attached to an aromatic ring is 1. The van der Waals surface area contributed by atoms with E-state index in [1.807, 2.05) is 23.6 Å².